The first kappa shape index (κ1) is 15.4. The number of halogens is 2. The number of aromatic amines is 1. The summed E-state index contributed by atoms with van der Waals surface area (Å²) in [6.07, 6.45) is 2.53. The summed E-state index contributed by atoms with van der Waals surface area (Å²) in [4.78, 5) is 7.45. The summed E-state index contributed by atoms with van der Waals surface area (Å²) >= 11 is 0. The molecule has 1 aromatic carbocycles. The number of imidazole rings is 1. The second kappa shape index (κ2) is 6.67. The van der Waals surface area contributed by atoms with Crippen molar-refractivity contribution < 1.29 is 13.5 Å². The van der Waals surface area contributed by atoms with Crippen molar-refractivity contribution in [1.29, 1.82) is 0 Å². The molecule has 2 aromatic rings. The molecule has 4 nitrogen and oxygen atoms in total. The van der Waals surface area contributed by atoms with E-state index in [1.807, 2.05) is 0 Å². The summed E-state index contributed by atoms with van der Waals surface area (Å²) in [5, 5.41) is 0. The minimum atomic E-state index is -2.82. The van der Waals surface area contributed by atoms with Crippen molar-refractivity contribution in [2.75, 3.05) is 0 Å². The van der Waals surface area contributed by atoms with E-state index in [0.717, 1.165) is 23.5 Å². The van der Waals surface area contributed by atoms with Crippen LogP contribution in [0.25, 0.3) is 11.3 Å². The summed E-state index contributed by atoms with van der Waals surface area (Å²) in [6, 6.07) is 6.25. The maximum absolute atomic E-state index is 12.1. The van der Waals surface area contributed by atoms with Crippen LogP contribution in [-0.2, 0) is 0 Å². The van der Waals surface area contributed by atoms with Gasteiger partial charge in [0.2, 0.25) is 0 Å². The van der Waals surface area contributed by atoms with E-state index >= 15 is 0 Å². The monoisotopic (exact) mass is 295 g/mol. The van der Waals surface area contributed by atoms with E-state index in [9.17, 15) is 8.78 Å². The van der Waals surface area contributed by atoms with Crippen LogP contribution in [0.4, 0.5) is 8.78 Å². The first-order valence-corrected chi connectivity index (χ1v) is 6.81. The van der Waals surface area contributed by atoms with Crippen molar-refractivity contribution in [2.45, 2.75) is 32.9 Å². The van der Waals surface area contributed by atoms with Crippen molar-refractivity contribution in [2.24, 2.45) is 11.7 Å². The Kier molecular flexibility index (Phi) is 4.90. The van der Waals surface area contributed by atoms with Gasteiger partial charge in [0, 0.05) is 0 Å². The number of aromatic nitrogens is 2. The highest BCUT2D eigenvalue weighted by atomic mass is 19.3. The van der Waals surface area contributed by atoms with Crippen LogP contribution < -0.4 is 10.5 Å². The zero-order valence-corrected chi connectivity index (χ0v) is 12.0. The molecule has 0 aliphatic heterocycles. The fraction of sp³-hybridized carbons (Fsp3) is 0.400. The van der Waals surface area contributed by atoms with E-state index in [1.165, 1.54) is 12.1 Å². The summed E-state index contributed by atoms with van der Waals surface area (Å²) in [7, 11) is 0. The Balaban J connectivity index is 2.10. The van der Waals surface area contributed by atoms with Crippen molar-refractivity contribution in [3.8, 4) is 17.0 Å². The number of ether oxygens (including phenoxy) is 1. The van der Waals surface area contributed by atoms with Gasteiger partial charge >= 0.3 is 6.61 Å². The molecule has 3 N–H and O–H groups in total. The van der Waals surface area contributed by atoms with Crippen LogP contribution in [0.2, 0.25) is 0 Å². The number of nitrogens with two attached hydrogens (primary N) is 1. The Morgan fingerprint density at radius 2 is 1.90 bits per heavy atom. The molecular weight excluding hydrogens is 276 g/mol. The number of hydrogen-bond donors (Lipinski definition) is 2. The third-order valence-electron chi connectivity index (χ3n) is 3.06. The van der Waals surface area contributed by atoms with Crippen LogP contribution in [0, 0.1) is 5.92 Å². The summed E-state index contributed by atoms with van der Waals surface area (Å²) < 4.78 is 28.5. The Hall–Kier alpha value is -1.95. The van der Waals surface area contributed by atoms with Crippen molar-refractivity contribution >= 4 is 0 Å². The number of benzene rings is 1. The quantitative estimate of drug-likeness (QED) is 0.853. The van der Waals surface area contributed by atoms with E-state index < -0.39 is 6.61 Å². The average molecular weight is 295 g/mol. The molecule has 0 saturated carbocycles. The molecule has 21 heavy (non-hydrogen) atoms. The standard InChI is InChI=1S/C15H19F2N3O/c1-9(2)7-12(18)14-19-8-13(20-14)10-3-5-11(6-4-10)21-15(16)17/h3-6,8-9,12,15H,7,18H2,1-2H3,(H,19,20). The first-order chi connectivity index (χ1) is 9.95. The molecule has 0 amide bonds. The first-order valence-electron chi connectivity index (χ1n) is 6.81. The molecule has 0 fully saturated rings. The fourth-order valence-electron chi connectivity index (χ4n) is 2.11. The predicted octanol–water partition coefficient (Wildman–Crippen LogP) is 3.72. The smallest absolute Gasteiger partial charge is 0.387 e. The van der Waals surface area contributed by atoms with Gasteiger partial charge in [-0.25, -0.2) is 4.98 Å². The predicted molar refractivity (Wildman–Crippen MR) is 77.0 cm³/mol. The number of nitrogens with one attached hydrogen (secondary N) is 1. The number of rotatable bonds is 6. The lowest BCUT2D eigenvalue weighted by Crippen LogP contribution is -2.14. The van der Waals surface area contributed by atoms with Crippen LogP contribution in [0.15, 0.2) is 30.5 Å². The van der Waals surface area contributed by atoms with E-state index in [-0.39, 0.29) is 11.8 Å². The van der Waals surface area contributed by atoms with E-state index in [1.54, 1.807) is 18.3 Å². The normalized spacial score (nSPS) is 12.9. The number of alkyl halides is 2. The van der Waals surface area contributed by atoms with Gasteiger partial charge in [0.1, 0.15) is 11.6 Å². The minimum absolute atomic E-state index is 0.130. The molecule has 114 valence electrons. The van der Waals surface area contributed by atoms with Gasteiger partial charge < -0.3 is 15.5 Å². The van der Waals surface area contributed by atoms with E-state index in [2.05, 4.69) is 28.6 Å². The van der Waals surface area contributed by atoms with Gasteiger partial charge in [0.05, 0.1) is 17.9 Å². The molecule has 0 aliphatic carbocycles. The average Bonchev–Trinajstić information content (AvgIpc) is 2.87. The van der Waals surface area contributed by atoms with Crippen LogP contribution in [0.1, 0.15) is 32.1 Å². The Labute approximate surface area is 122 Å². The van der Waals surface area contributed by atoms with E-state index in [0.29, 0.717) is 5.92 Å². The largest absolute Gasteiger partial charge is 0.435 e. The molecule has 0 aliphatic rings. The number of hydrogen-bond acceptors (Lipinski definition) is 3. The highest BCUT2D eigenvalue weighted by molar-refractivity contribution is 5.59. The van der Waals surface area contributed by atoms with Crippen LogP contribution in [0.5, 0.6) is 5.75 Å². The minimum Gasteiger partial charge on any atom is -0.435 e. The summed E-state index contributed by atoms with van der Waals surface area (Å²) in [6.45, 7) is 1.39. The zero-order valence-electron chi connectivity index (χ0n) is 12.0. The zero-order chi connectivity index (χ0) is 15.4. The fourth-order valence-corrected chi connectivity index (χ4v) is 2.11. The lowest BCUT2D eigenvalue weighted by atomic mass is 10.0. The maximum atomic E-state index is 12.1. The van der Waals surface area contributed by atoms with Gasteiger partial charge in [-0.2, -0.15) is 8.78 Å². The lowest BCUT2D eigenvalue weighted by Gasteiger charge is -2.11. The van der Waals surface area contributed by atoms with Crippen molar-refractivity contribution in [3.05, 3.63) is 36.3 Å². The summed E-state index contributed by atoms with van der Waals surface area (Å²) in [5.74, 6) is 1.34. The van der Waals surface area contributed by atoms with Gasteiger partial charge in [-0.05, 0) is 42.2 Å². The molecule has 1 atom stereocenters. The van der Waals surface area contributed by atoms with E-state index in [4.69, 9.17) is 5.73 Å². The third-order valence-corrected chi connectivity index (χ3v) is 3.06. The molecule has 0 saturated heterocycles. The van der Waals surface area contributed by atoms with Gasteiger partial charge in [-0.15, -0.1) is 0 Å². The maximum Gasteiger partial charge on any atom is 0.387 e. The summed E-state index contributed by atoms with van der Waals surface area (Å²) in [5.41, 5.74) is 7.71. The topological polar surface area (TPSA) is 63.9 Å². The Bertz CT molecular complexity index is 567. The SMILES string of the molecule is CC(C)CC(N)c1ncc(-c2ccc(OC(F)F)cc2)[nH]1. The van der Waals surface area contributed by atoms with Crippen LogP contribution in [-0.4, -0.2) is 16.6 Å². The molecule has 1 heterocycles. The second-order valence-corrected chi connectivity index (χ2v) is 5.32. The van der Waals surface area contributed by atoms with Gasteiger partial charge in [-0.1, -0.05) is 13.8 Å². The second-order valence-electron chi connectivity index (χ2n) is 5.32. The molecule has 6 heteroatoms. The Morgan fingerprint density at radius 1 is 1.24 bits per heavy atom. The van der Waals surface area contributed by atoms with Crippen LogP contribution in [0.3, 0.4) is 0 Å². The Morgan fingerprint density at radius 3 is 2.48 bits per heavy atom. The van der Waals surface area contributed by atoms with Crippen molar-refractivity contribution in [3.63, 3.8) is 0 Å². The molecule has 0 spiro atoms. The van der Waals surface area contributed by atoms with Crippen LogP contribution >= 0.6 is 0 Å². The number of H-pyrrole nitrogens is 1. The lowest BCUT2D eigenvalue weighted by molar-refractivity contribution is -0.0498. The van der Waals surface area contributed by atoms with Gasteiger partial charge in [-0.3, -0.25) is 0 Å². The highest BCUT2D eigenvalue weighted by Crippen LogP contribution is 2.24. The highest BCUT2D eigenvalue weighted by Gasteiger charge is 2.13. The number of nitrogens with zero attached hydrogens (tertiary/aromatic N) is 1. The molecular formula is C15H19F2N3O. The molecule has 0 bridgehead atoms. The third kappa shape index (κ3) is 4.26. The molecule has 2 rings (SSSR count). The van der Waals surface area contributed by atoms with Gasteiger partial charge in [0.25, 0.3) is 0 Å². The molecule has 1 unspecified atom stereocenters. The molecule has 0 radical (unpaired) electrons. The molecule has 1 aromatic heterocycles. The van der Waals surface area contributed by atoms with Gasteiger partial charge in [0.15, 0.2) is 0 Å². The van der Waals surface area contributed by atoms with Crippen molar-refractivity contribution in [1.82, 2.24) is 9.97 Å².